The molecule has 0 bridgehead atoms. The lowest BCUT2D eigenvalue weighted by atomic mass is 10.1. The molecule has 3 aromatic rings. The molecule has 1 atom stereocenters. The Labute approximate surface area is 165 Å². The van der Waals surface area contributed by atoms with E-state index in [1.165, 1.54) is 11.1 Å². The number of aromatic nitrogens is 2. The van der Waals surface area contributed by atoms with Gasteiger partial charge in [-0.05, 0) is 56.0 Å². The fourth-order valence-electron chi connectivity index (χ4n) is 3.83. The molecule has 1 aromatic heterocycles. The molecule has 5 heteroatoms. The molecule has 1 saturated heterocycles. The Kier molecular flexibility index (Phi) is 4.61. The van der Waals surface area contributed by atoms with Gasteiger partial charge < -0.3 is 9.26 Å². The summed E-state index contributed by atoms with van der Waals surface area (Å²) in [5.41, 5.74) is 3.65. The van der Waals surface area contributed by atoms with Gasteiger partial charge in [-0.25, -0.2) is 0 Å². The third kappa shape index (κ3) is 3.94. The van der Waals surface area contributed by atoms with Crippen LogP contribution in [0.4, 0.5) is 0 Å². The van der Waals surface area contributed by atoms with Crippen molar-refractivity contribution >= 4 is 0 Å². The van der Waals surface area contributed by atoms with Crippen molar-refractivity contribution in [2.24, 2.45) is 0 Å². The minimum atomic E-state index is 0.238. The van der Waals surface area contributed by atoms with Crippen molar-refractivity contribution in [1.29, 1.82) is 0 Å². The van der Waals surface area contributed by atoms with Crippen LogP contribution in [0, 0.1) is 6.92 Å². The number of nitrogens with zero attached hydrogens (tertiary/aromatic N) is 3. The number of likely N-dealkylation sites (tertiary alicyclic amines) is 1. The maximum Gasteiger partial charge on any atom is 0.230 e. The zero-order valence-electron chi connectivity index (χ0n) is 16.2. The van der Waals surface area contributed by atoms with E-state index in [0.717, 1.165) is 56.1 Å². The number of hydrogen-bond donors (Lipinski definition) is 0. The summed E-state index contributed by atoms with van der Waals surface area (Å²) in [6.07, 6.45) is 3.62. The standard InChI is InChI=1S/C23H25N3O2/c1-16-3-2-4-17(13-16)14-26-12-11-21(15-26)27-20-9-7-18(8-10-20)22-24-23(28-25-22)19-5-6-19/h2-4,7-10,13,19,21H,5-6,11-12,14-15H2,1H3. The lowest BCUT2D eigenvalue weighted by Crippen LogP contribution is -2.24. The number of hydrogen-bond acceptors (Lipinski definition) is 5. The molecule has 5 nitrogen and oxygen atoms in total. The van der Waals surface area contributed by atoms with Crippen molar-refractivity contribution in [3.63, 3.8) is 0 Å². The maximum absolute atomic E-state index is 6.21. The topological polar surface area (TPSA) is 51.4 Å². The van der Waals surface area contributed by atoms with Crippen LogP contribution in [0.3, 0.4) is 0 Å². The predicted octanol–water partition coefficient (Wildman–Crippen LogP) is 4.58. The van der Waals surface area contributed by atoms with E-state index < -0.39 is 0 Å². The minimum Gasteiger partial charge on any atom is -0.489 e. The van der Waals surface area contributed by atoms with Crippen LogP contribution in [0.25, 0.3) is 11.4 Å². The Morgan fingerprint density at radius 3 is 2.75 bits per heavy atom. The van der Waals surface area contributed by atoms with Crippen molar-refractivity contribution in [3.05, 3.63) is 65.5 Å². The third-order valence-electron chi connectivity index (χ3n) is 5.50. The van der Waals surface area contributed by atoms with E-state index in [0.29, 0.717) is 11.7 Å². The largest absolute Gasteiger partial charge is 0.489 e. The van der Waals surface area contributed by atoms with Gasteiger partial charge in [-0.15, -0.1) is 0 Å². The summed E-state index contributed by atoms with van der Waals surface area (Å²) in [7, 11) is 0. The zero-order chi connectivity index (χ0) is 18.9. The van der Waals surface area contributed by atoms with Crippen LogP contribution < -0.4 is 4.74 Å². The first-order chi connectivity index (χ1) is 13.7. The second kappa shape index (κ2) is 7.40. The summed E-state index contributed by atoms with van der Waals surface area (Å²) < 4.78 is 11.6. The van der Waals surface area contributed by atoms with Crippen molar-refractivity contribution in [1.82, 2.24) is 15.0 Å². The smallest absolute Gasteiger partial charge is 0.230 e. The molecule has 2 heterocycles. The second-order valence-electron chi connectivity index (χ2n) is 8.01. The van der Waals surface area contributed by atoms with Gasteiger partial charge in [0.1, 0.15) is 11.9 Å². The Morgan fingerprint density at radius 1 is 1.11 bits per heavy atom. The molecule has 0 amide bonds. The van der Waals surface area contributed by atoms with Gasteiger partial charge in [0, 0.05) is 31.1 Å². The van der Waals surface area contributed by atoms with Gasteiger partial charge in [-0.3, -0.25) is 4.90 Å². The summed E-state index contributed by atoms with van der Waals surface area (Å²) in [5, 5.41) is 4.10. The van der Waals surface area contributed by atoms with E-state index in [1.54, 1.807) is 0 Å². The SMILES string of the molecule is Cc1cccc(CN2CCC(Oc3ccc(-c4noc(C5CC5)n4)cc3)C2)c1. The third-order valence-corrected chi connectivity index (χ3v) is 5.50. The molecule has 1 saturated carbocycles. The Bertz CT molecular complexity index is 946. The molecule has 2 aromatic carbocycles. The second-order valence-corrected chi connectivity index (χ2v) is 8.01. The maximum atomic E-state index is 6.21. The number of benzene rings is 2. The lowest BCUT2D eigenvalue weighted by Gasteiger charge is -2.17. The molecule has 2 aliphatic rings. The van der Waals surface area contributed by atoms with Crippen LogP contribution in [0.1, 0.15) is 42.2 Å². The summed E-state index contributed by atoms with van der Waals surface area (Å²) in [5.74, 6) is 2.82. The Morgan fingerprint density at radius 2 is 1.96 bits per heavy atom. The lowest BCUT2D eigenvalue weighted by molar-refractivity contribution is 0.198. The number of aryl methyl sites for hydroxylation is 1. The summed E-state index contributed by atoms with van der Waals surface area (Å²) in [4.78, 5) is 6.97. The molecule has 2 fully saturated rings. The van der Waals surface area contributed by atoms with Gasteiger partial charge in [0.25, 0.3) is 0 Å². The highest BCUT2D eigenvalue weighted by molar-refractivity contribution is 5.55. The molecular formula is C23H25N3O2. The van der Waals surface area contributed by atoms with E-state index >= 15 is 0 Å². The minimum absolute atomic E-state index is 0.238. The zero-order valence-corrected chi connectivity index (χ0v) is 16.2. The average Bonchev–Trinajstić information content (AvgIpc) is 3.26. The van der Waals surface area contributed by atoms with Gasteiger partial charge in [-0.2, -0.15) is 4.98 Å². The summed E-state index contributed by atoms with van der Waals surface area (Å²) in [6, 6.07) is 16.8. The van der Waals surface area contributed by atoms with Gasteiger partial charge in [0.05, 0.1) is 0 Å². The monoisotopic (exact) mass is 375 g/mol. The normalized spacial score (nSPS) is 19.8. The van der Waals surface area contributed by atoms with Gasteiger partial charge >= 0.3 is 0 Å². The van der Waals surface area contributed by atoms with E-state index in [-0.39, 0.29) is 6.10 Å². The van der Waals surface area contributed by atoms with Crippen molar-refractivity contribution in [3.8, 4) is 17.1 Å². The Hall–Kier alpha value is -2.66. The predicted molar refractivity (Wildman–Crippen MR) is 107 cm³/mol. The van der Waals surface area contributed by atoms with Gasteiger partial charge in [0.15, 0.2) is 0 Å². The van der Waals surface area contributed by atoms with Crippen LogP contribution in [0.15, 0.2) is 53.1 Å². The molecule has 1 aliphatic carbocycles. The Balaban J connectivity index is 1.17. The van der Waals surface area contributed by atoms with Crippen LogP contribution in [0.5, 0.6) is 5.75 Å². The van der Waals surface area contributed by atoms with Crippen molar-refractivity contribution < 1.29 is 9.26 Å². The summed E-state index contributed by atoms with van der Waals surface area (Å²) in [6.45, 7) is 5.17. The molecule has 28 heavy (non-hydrogen) atoms. The van der Waals surface area contributed by atoms with Gasteiger partial charge in [-0.1, -0.05) is 35.0 Å². The van der Waals surface area contributed by atoms with E-state index in [4.69, 9.17) is 9.26 Å². The van der Waals surface area contributed by atoms with Crippen LogP contribution in [0.2, 0.25) is 0 Å². The number of ether oxygens (including phenoxy) is 1. The molecular weight excluding hydrogens is 350 g/mol. The molecule has 0 radical (unpaired) electrons. The molecule has 1 unspecified atom stereocenters. The first-order valence-electron chi connectivity index (χ1n) is 10.1. The van der Waals surface area contributed by atoms with Crippen LogP contribution in [-0.2, 0) is 6.54 Å². The molecule has 0 N–H and O–H groups in total. The first-order valence-corrected chi connectivity index (χ1v) is 10.1. The van der Waals surface area contributed by atoms with E-state index in [9.17, 15) is 0 Å². The quantitative estimate of drug-likeness (QED) is 0.631. The van der Waals surface area contributed by atoms with Crippen LogP contribution >= 0.6 is 0 Å². The van der Waals surface area contributed by atoms with Gasteiger partial charge in [0.2, 0.25) is 11.7 Å². The fraction of sp³-hybridized carbons (Fsp3) is 0.391. The highest BCUT2D eigenvalue weighted by Gasteiger charge is 2.29. The van der Waals surface area contributed by atoms with Crippen molar-refractivity contribution in [2.75, 3.05) is 13.1 Å². The average molecular weight is 375 g/mol. The van der Waals surface area contributed by atoms with Crippen molar-refractivity contribution in [2.45, 2.75) is 44.8 Å². The molecule has 1 aliphatic heterocycles. The first kappa shape index (κ1) is 17.4. The van der Waals surface area contributed by atoms with E-state index in [1.807, 2.05) is 24.3 Å². The molecule has 144 valence electrons. The van der Waals surface area contributed by atoms with E-state index in [2.05, 4.69) is 46.2 Å². The highest BCUT2D eigenvalue weighted by Crippen LogP contribution is 2.39. The highest BCUT2D eigenvalue weighted by atomic mass is 16.5. The number of rotatable bonds is 6. The summed E-state index contributed by atoms with van der Waals surface area (Å²) >= 11 is 0. The fourth-order valence-corrected chi connectivity index (χ4v) is 3.83. The molecule has 5 rings (SSSR count). The van der Waals surface area contributed by atoms with Crippen LogP contribution in [-0.4, -0.2) is 34.2 Å². The molecule has 0 spiro atoms.